The molecule has 0 atom stereocenters. The Morgan fingerprint density at radius 1 is 1.41 bits per heavy atom. The standard InChI is InChI=1S/C13H17BrN2O5Si/c1-22(2,3)5-4-20-8-15-11-6-9(14)10(16(18)19)7-12(11)21-13(15)17/h6-7H,4-5,8H2,1-3H3. The molecule has 7 nitrogen and oxygen atoms in total. The number of halogens is 1. The van der Waals surface area contributed by atoms with Gasteiger partial charge in [0.1, 0.15) is 6.73 Å². The minimum atomic E-state index is -1.19. The number of fused-ring (bicyclic) bond motifs is 1. The lowest BCUT2D eigenvalue weighted by molar-refractivity contribution is -0.385. The van der Waals surface area contributed by atoms with Gasteiger partial charge in [-0.05, 0) is 28.0 Å². The van der Waals surface area contributed by atoms with Crippen molar-refractivity contribution in [1.82, 2.24) is 4.57 Å². The van der Waals surface area contributed by atoms with Crippen LogP contribution >= 0.6 is 15.9 Å². The molecule has 0 saturated heterocycles. The number of ether oxygens (including phenoxy) is 1. The molecule has 0 spiro atoms. The first-order valence-electron chi connectivity index (χ1n) is 6.74. The summed E-state index contributed by atoms with van der Waals surface area (Å²) < 4.78 is 12.2. The normalized spacial score (nSPS) is 12.0. The summed E-state index contributed by atoms with van der Waals surface area (Å²) in [5, 5.41) is 10.9. The van der Waals surface area contributed by atoms with E-state index in [9.17, 15) is 14.9 Å². The highest BCUT2D eigenvalue weighted by Gasteiger charge is 2.19. The van der Waals surface area contributed by atoms with Gasteiger partial charge in [-0.15, -0.1) is 0 Å². The number of nitro benzene ring substituents is 1. The summed E-state index contributed by atoms with van der Waals surface area (Å²) in [6.07, 6.45) is 0. The lowest BCUT2D eigenvalue weighted by Gasteiger charge is -2.15. The second kappa shape index (κ2) is 6.35. The molecule has 120 valence electrons. The second-order valence-corrected chi connectivity index (χ2v) is 12.6. The van der Waals surface area contributed by atoms with Gasteiger partial charge in [0.15, 0.2) is 5.58 Å². The fourth-order valence-electron chi connectivity index (χ4n) is 1.87. The fourth-order valence-corrected chi connectivity index (χ4v) is 3.10. The summed E-state index contributed by atoms with van der Waals surface area (Å²) in [7, 11) is -1.19. The minimum Gasteiger partial charge on any atom is -0.407 e. The second-order valence-electron chi connectivity index (χ2n) is 6.17. The Morgan fingerprint density at radius 3 is 2.68 bits per heavy atom. The van der Waals surface area contributed by atoms with E-state index in [2.05, 4.69) is 35.6 Å². The van der Waals surface area contributed by atoms with Crippen molar-refractivity contribution in [3.8, 4) is 0 Å². The predicted octanol–water partition coefficient (Wildman–Crippen LogP) is 3.58. The molecule has 0 radical (unpaired) electrons. The molecule has 1 aromatic heterocycles. The van der Waals surface area contributed by atoms with Gasteiger partial charge in [-0.3, -0.25) is 10.1 Å². The van der Waals surface area contributed by atoms with E-state index in [1.165, 1.54) is 16.7 Å². The molecule has 0 N–H and O–H groups in total. The Balaban J connectivity index is 2.24. The Labute approximate surface area is 136 Å². The Bertz CT molecular complexity index is 762. The van der Waals surface area contributed by atoms with Crippen LogP contribution in [0.15, 0.2) is 25.8 Å². The molecule has 2 aromatic rings. The van der Waals surface area contributed by atoms with E-state index in [1.54, 1.807) is 0 Å². The average Bonchev–Trinajstić information content (AvgIpc) is 2.68. The fraction of sp³-hybridized carbons (Fsp3) is 0.462. The zero-order chi connectivity index (χ0) is 16.5. The van der Waals surface area contributed by atoms with Crippen LogP contribution < -0.4 is 5.76 Å². The molecule has 0 bridgehead atoms. The lowest BCUT2D eigenvalue weighted by Crippen LogP contribution is -2.23. The predicted molar refractivity (Wildman–Crippen MR) is 88.9 cm³/mol. The van der Waals surface area contributed by atoms with Crippen LogP contribution in [0.5, 0.6) is 0 Å². The van der Waals surface area contributed by atoms with E-state index in [0.29, 0.717) is 16.6 Å². The maximum absolute atomic E-state index is 11.9. The topological polar surface area (TPSA) is 87.5 Å². The summed E-state index contributed by atoms with van der Waals surface area (Å²) in [5.41, 5.74) is 0.497. The number of nitro groups is 1. The molecular formula is C13H17BrN2O5Si. The van der Waals surface area contributed by atoms with Crippen molar-refractivity contribution in [1.29, 1.82) is 0 Å². The number of hydrogen-bond acceptors (Lipinski definition) is 5. The molecule has 1 aromatic carbocycles. The molecule has 0 aliphatic rings. The average molecular weight is 389 g/mol. The van der Waals surface area contributed by atoms with Gasteiger partial charge in [-0.2, -0.15) is 0 Å². The summed E-state index contributed by atoms with van der Waals surface area (Å²) in [6, 6.07) is 3.73. The molecule has 0 aliphatic heterocycles. The summed E-state index contributed by atoms with van der Waals surface area (Å²) in [6.45, 7) is 7.37. The van der Waals surface area contributed by atoms with Gasteiger partial charge in [0.05, 0.1) is 21.0 Å². The van der Waals surface area contributed by atoms with Gasteiger partial charge < -0.3 is 9.15 Å². The van der Waals surface area contributed by atoms with Crippen molar-refractivity contribution in [2.24, 2.45) is 0 Å². The largest absolute Gasteiger partial charge is 0.421 e. The molecule has 9 heteroatoms. The summed E-state index contributed by atoms with van der Waals surface area (Å²) >= 11 is 3.14. The van der Waals surface area contributed by atoms with Gasteiger partial charge in [0, 0.05) is 14.7 Å². The van der Waals surface area contributed by atoms with E-state index >= 15 is 0 Å². The van der Waals surface area contributed by atoms with E-state index in [-0.39, 0.29) is 18.0 Å². The number of hydrogen-bond donors (Lipinski definition) is 0. The van der Waals surface area contributed by atoms with Crippen molar-refractivity contribution in [2.75, 3.05) is 6.61 Å². The van der Waals surface area contributed by atoms with E-state index < -0.39 is 18.8 Å². The molecule has 1 heterocycles. The van der Waals surface area contributed by atoms with E-state index in [4.69, 9.17) is 9.15 Å². The summed E-state index contributed by atoms with van der Waals surface area (Å²) in [4.78, 5) is 22.2. The Kier molecular flexibility index (Phi) is 4.88. The van der Waals surface area contributed by atoms with Crippen LogP contribution in [0.2, 0.25) is 25.7 Å². The maximum Gasteiger partial charge on any atom is 0.421 e. The smallest absolute Gasteiger partial charge is 0.407 e. The van der Waals surface area contributed by atoms with Gasteiger partial charge in [-0.1, -0.05) is 19.6 Å². The Morgan fingerprint density at radius 2 is 2.09 bits per heavy atom. The van der Waals surface area contributed by atoms with Crippen molar-refractivity contribution >= 4 is 40.8 Å². The molecule has 0 unspecified atom stereocenters. The highest BCUT2D eigenvalue weighted by molar-refractivity contribution is 9.10. The third kappa shape index (κ3) is 3.84. The third-order valence-corrected chi connectivity index (χ3v) is 5.49. The van der Waals surface area contributed by atoms with Gasteiger partial charge in [0.2, 0.25) is 0 Å². The van der Waals surface area contributed by atoms with Crippen LogP contribution in [0.3, 0.4) is 0 Å². The van der Waals surface area contributed by atoms with Crippen LogP contribution in [0, 0.1) is 10.1 Å². The van der Waals surface area contributed by atoms with E-state index in [0.717, 1.165) is 6.04 Å². The molecular weight excluding hydrogens is 372 g/mol. The van der Waals surface area contributed by atoms with Crippen molar-refractivity contribution < 1.29 is 14.1 Å². The van der Waals surface area contributed by atoms with Gasteiger partial charge in [0.25, 0.3) is 5.69 Å². The molecule has 0 fully saturated rings. The quantitative estimate of drug-likeness (QED) is 0.326. The number of benzene rings is 1. The number of rotatable bonds is 6. The van der Waals surface area contributed by atoms with Gasteiger partial charge in [-0.25, -0.2) is 9.36 Å². The zero-order valence-electron chi connectivity index (χ0n) is 12.6. The SMILES string of the molecule is C[Si](C)(C)CCOCn1c(=O)oc2cc([N+](=O)[O-])c(Br)cc21. The monoisotopic (exact) mass is 388 g/mol. The first kappa shape index (κ1) is 16.9. The van der Waals surface area contributed by atoms with Crippen LogP contribution in [0.4, 0.5) is 5.69 Å². The number of aromatic nitrogens is 1. The van der Waals surface area contributed by atoms with Crippen molar-refractivity contribution in [3.63, 3.8) is 0 Å². The molecule has 22 heavy (non-hydrogen) atoms. The Hall–Kier alpha value is -1.45. The van der Waals surface area contributed by atoms with Crippen LogP contribution in [-0.2, 0) is 11.5 Å². The lowest BCUT2D eigenvalue weighted by atomic mass is 10.3. The minimum absolute atomic E-state index is 0.0700. The highest BCUT2D eigenvalue weighted by atomic mass is 79.9. The number of oxazole rings is 1. The first-order chi connectivity index (χ1) is 10.2. The maximum atomic E-state index is 11.9. The number of nitrogens with zero attached hydrogens (tertiary/aromatic N) is 2. The van der Waals surface area contributed by atoms with Crippen molar-refractivity contribution in [3.05, 3.63) is 37.3 Å². The van der Waals surface area contributed by atoms with Crippen LogP contribution in [-0.4, -0.2) is 24.2 Å². The van der Waals surface area contributed by atoms with E-state index in [1.807, 2.05) is 0 Å². The molecule has 0 saturated carbocycles. The molecule has 2 rings (SSSR count). The van der Waals surface area contributed by atoms with Crippen molar-refractivity contribution in [2.45, 2.75) is 32.4 Å². The third-order valence-electron chi connectivity index (χ3n) is 3.15. The van der Waals surface area contributed by atoms with Gasteiger partial charge >= 0.3 is 5.76 Å². The first-order valence-corrected chi connectivity index (χ1v) is 11.2. The zero-order valence-corrected chi connectivity index (χ0v) is 15.2. The molecule has 0 aliphatic carbocycles. The summed E-state index contributed by atoms with van der Waals surface area (Å²) in [5.74, 6) is -0.588. The van der Waals surface area contributed by atoms with Crippen LogP contribution in [0.25, 0.3) is 11.1 Å². The van der Waals surface area contributed by atoms with Crippen LogP contribution in [0.1, 0.15) is 0 Å². The highest BCUT2D eigenvalue weighted by Crippen LogP contribution is 2.29. The molecule has 0 amide bonds.